The van der Waals surface area contributed by atoms with Crippen LogP contribution in [0.5, 0.6) is 0 Å². The van der Waals surface area contributed by atoms with Gasteiger partial charge < -0.3 is 13.9 Å². The van der Waals surface area contributed by atoms with Crippen molar-refractivity contribution in [3.05, 3.63) is 66.6 Å². The van der Waals surface area contributed by atoms with Gasteiger partial charge in [0.25, 0.3) is 0 Å². The molecule has 0 atom stereocenters. The van der Waals surface area contributed by atoms with Crippen molar-refractivity contribution in [1.29, 1.82) is 0 Å². The zero-order valence-corrected chi connectivity index (χ0v) is 15.6. The summed E-state index contributed by atoms with van der Waals surface area (Å²) in [5.41, 5.74) is 2.66. The van der Waals surface area contributed by atoms with Gasteiger partial charge >= 0.3 is 0 Å². The van der Waals surface area contributed by atoms with Crippen molar-refractivity contribution >= 4 is 0 Å². The lowest BCUT2D eigenvalue weighted by atomic mass is 10.0. The lowest BCUT2D eigenvalue weighted by molar-refractivity contribution is -0.117. The molecule has 1 aromatic heterocycles. The summed E-state index contributed by atoms with van der Waals surface area (Å²) >= 11 is 0. The van der Waals surface area contributed by atoms with Crippen molar-refractivity contribution in [3.63, 3.8) is 0 Å². The third kappa shape index (κ3) is 4.59. The molecule has 0 spiro atoms. The Balaban J connectivity index is 1.87. The summed E-state index contributed by atoms with van der Waals surface area (Å²) in [4.78, 5) is 4.79. The van der Waals surface area contributed by atoms with Gasteiger partial charge in [-0.3, -0.25) is 0 Å². The smallest absolute Gasteiger partial charge is 0.195 e. The van der Waals surface area contributed by atoms with Crippen molar-refractivity contribution in [2.24, 2.45) is 0 Å². The summed E-state index contributed by atoms with van der Waals surface area (Å²) in [6.07, 6.45) is 1.49. The van der Waals surface area contributed by atoms with E-state index in [-0.39, 0.29) is 12.4 Å². The molecule has 2 aromatic carbocycles. The molecule has 0 radical (unpaired) electrons. The molecule has 0 aliphatic heterocycles. The molecule has 0 saturated carbocycles. The van der Waals surface area contributed by atoms with E-state index in [4.69, 9.17) is 18.9 Å². The Bertz CT molecular complexity index is 753. The minimum atomic E-state index is -0.301. The Morgan fingerprint density at radius 3 is 2.15 bits per heavy atom. The van der Waals surface area contributed by atoms with E-state index in [1.54, 1.807) is 7.11 Å². The van der Waals surface area contributed by atoms with Crippen molar-refractivity contribution in [2.75, 3.05) is 13.9 Å². The van der Waals surface area contributed by atoms with Crippen LogP contribution >= 0.6 is 0 Å². The molecule has 26 heavy (non-hydrogen) atoms. The predicted octanol–water partition coefficient (Wildman–Crippen LogP) is 5.34. The average molecular weight is 351 g/mol. The SMILES string of the molecule is COCOC(C)(C)CCc1nc(-c2ccccc2)c(-c2ccccc2)o1. The number of aryl methyl sites for hydroxylation is 1. The Morgan fingerprint density at radius 1 is 0.923 bits per heavy atom. The highest BCUT2D eigenvalue weighted by Gasteiger charge is 2.22. The standard InChI is InChI=1S/C22H25NO3/c1-22(2,25-16-24-3)15-14-19-23-20(17-10-6-4-7-11-17)21(26-19)18-12-8-5-9-13-18/h4-13H,14-16H2,1-3H3. The Labute approximate surface area is 154 Å². The summed E-state index contributed by atoms with van der Waals surface area (Å²) in [5, 5.41) is 0. The van der Waals surface area contributed by atoms with Crippen LogP contribution in [-0.4, -0.2) is 24.5 Å². The number of hydrogen-bond acceptors (Lipinski definition) is 4. The number of benzene rings is 2. The molecule has 3 rings (SSSR count). The topological polar surface area (TPSA) is 44.5 Å². The number of aromatic nitrogens is 1. The van der Waals surface area contributed by atoms with Crippen LogP contribution in [0.3, 0.4) is 0 Å². The lowest BCUT2D eigenvalue weighted by Gasteiger charge is -2.23. The predicted molar refractivity (Wildman–Crippen MR) is 103 cm³/mol. The lowest BCUT2D eigenvalue weighted by Crippen LogP contribution is -2.26. The fourth-order valence-corrected chi connectivity index (χ4v) is 2.75. The molecule has 4 heteroatoms. The van der Waals surface area contributed by atoms with Crippen molar-refractivity contribution in [3.8, 4) is 22.6 Å². The first-order valence-electron chi connectivity index (χ1n) is 8.82. The molecule has 0 aliphatic carbocycles. The van der Waals surface area contributed by atoms with Gasteiger partial charge in [0.15, 0.2) is 11.7 Å². The van der Waals surface area contributed by atoms with E-state index in [0.29, 0.717) is 6.42 Å². The molecule has 1 heterocycles. The van der Waals surface area contributed by atoms with E-state index in [2.05, 4.69) is 12.1 Å². The van der Waals surface area contributed by atoms with Crippen LogP contribution in [0.15, 0.2) is 65.1 Å². The number of rotatable bonds is 8. The van der Waals surface area contributed by atoms with Crippen LogP contribution in [0.4, 0.5) is 0 Å². The van der Waals surface area contributed by atoms with Gasteiger partial charge in [-0.25, -0.2) is 4.98 Å². The zero-order valence-electron chi connectivity index (χ0n) is 15.6. The molecule has 0 bridgehead atoms. The van der Waals surface area contributed by atoms with Crippen molar-refractivity contribution < 1.29 is 13.9 Å². The minimum Gasteiger partial charge on any atom is -0.440 e. The maximum absolute atomic E-state index is 6.16. The molecule has 136 valence electrons. The Kier molecular flexibility index (Phi) is 5.86. The first-order valence-corrected chi connectivity index (χ1v) is 8.82. The summed E-state index contributed by atoms with van der Waals surface area (Å²) < 4.78 is 16.9. The van der Waals surface area contributed by atoms with E-state index < -0.39 is 0 Å². The van der Waals surface area contributed by atoms with E-state index in [9.17, 15) is 0 Å². The fraction of sp³-hybridized carbons (Fsp3) is 0.318. The van der Waals surface area contributed by atoms with Gasteiger partial charge in [0.1, 0.15) is 12.5 Å². The second-order valence-corrected chi connectivity index (χ2v) is 6.83. The number of nitrogens with zero attached hydrogens (tertiary/aromatic N) is 1. The molecular formula is C22H25NO3. The largest absolute Gasteiger partial charge is 0.440 e. The van der Waals surface area contributed by atoms with Gasteiger partial charge in [-0.15, -0.1) is 0 Å². The summed E-state index contributed by atoms with van der Waals surface area (Å²) in [7, 11) is 1.63. The van der Waals surface area contributed by atoms with Crippen LogP contribution in [0.2, 0.25) is 0 Å². The van der Waals surface area contributed by atoms with E-state index in [0.717, 1.165) is 34.9 Å². The highest BCUT2D eigenvalue weighted by atomic mass is 16.7. The summed E-state index contributed by atoms with van der Waals surface area (Å²) in [5.74, 6) is 1.53. The first kappa shape index (κ1) is 18.4. The maximum Gasteiger partial charge on any atom is 0.195 e. The molecule has 0 fully saturated rings. The summed E-state index contributed by atoms with van der Waals surface area (Å²) in [6.45, 7) is 4.37. The Hall–Kier alpha value is -2.43. The number of oxazole rings is 1. The third-order valence-electron chi connectivity index (χ3n) is 4.26. The van der Waals surface area contributed by atoms with E-state index in [1.165, 1.54) is 0 Å². The van der Waals surface area contributed by atoms with Gasteiger partial charge in [0.05, 0.1) is 5.60 Å². The molecule has 0 aliphatic rings. The molecule has 0 saturated heterocycles. The normalized spacial score (nSPS) is 11.7. The molecule has 4 nitrogen and oxygen atoms in total. The molecule has 0 N–H and O–H groups in total. The maximum atomic E-state index is 6.16. The summed E-state index contributed by atoms with van der Waals surface area (Å²) in [6, 6.07) is 20.2. The first-order chi connectivity index (χ1) is 12.6. The highest BCUT2D eigenvalue weighted by Crippen LogP contribution is 2.33. The highest BCUT2D eigenvalue weighted by molar-refractivity contribution is 5.76. The van der Waals surface area contributed by atoms with Crippen LogP contribution in [0, 0.1) is 0 Å². The average Bonchev–Trinajstić information content (AvgIpc) is 3.11. The molecule has 0 unspecified atom stereocenters. The van der Waals surface area contributed by atoms with Crippen LogP contribution in [-0.2, 0) is 15.9 Å². The number of methoxy groups -OCH3 is 1. The zero-order chi connectivity index (χ0) is 18.4. The molecule has 3 aromatic rings. The molecule has 0 amide bonds. The second-order valence-electron chi connectivity index (χ2n) is 6.83. The van der Waals surface area contributed by atoms with Crippen molar-refractivity contribution in [1.82, 2.24) is 4.98 Å². The van der Waals surface area contributed by atoms with Crippen LogP contribution < -0.4 is 0 Å². The number of ether oxygens (including phenoxy) is 2. The number of hydrogen-bond donors (Lipinski definition) is 0. The van der Waals surface area contributed by atoms with Crippen molar-refractivity contribution in [2.45, 2.75) is 32.3 Å². The third-order valence-corrected chi connectivity index (χ3v) is 4.26. The van der Waals surface area contributed by atoms with Gasteiger partial charge in [0, 0.05) is 24.7 Å². The molecular weight excluding hydrogens is 326 g/mol. The van der Waals surface area contributed by atoms with Gasteiger partial charge in [0.2, 0.25) is 0 Å². The van der Waals surface area contributed by atoms with Crippen LogP contribution in [0.1, 0.15) is 26.2 Å². The second kappa shape index (κ2) is 8.30. The Morgan fingerprint density at radius 2 is 1.54 bits per heavy atom. The van der Waals surface area contributed by atoms with Crippen LogP contribution in [0.25, 0.3) is 22.6 Å². The van der Waals surface area contributed by atoms with Gasteiger partial charge in [-0.05, 0) is 20.3 Å². The minimum absolute atomic E-state index is 0.281. The van der Waals surface area contributed by atoms with Gasteiger partial charge in [-0.1, -0.05) is 60.7 Å². The van der Waals surface area contributed by atoms with E-state index >= 15 is 0 Å². The monoisotopic (exact) mass is 351 g/mol. The van der Waals surface area contributed by atoms with Gasteiger partial charge in [-0.2, -0.15) is 0 Å². The van der Waals surface area contributed by atoms with E-state index in [1.807, 2.05) is 62.4 Å². The fourth-order valence-electron chi connectivity index (χ4n) is 2.75. The quantitative estimate of drug-likeness (QED) is 0.514.